The van der Waals surface area contributed by atoms with Crippen molar-refractivity contribution >= 4 is 44.7 Å². The number of hydrogen-bond donors (Lipinski definition) is 1. The Morgan fingerprint density at radius 1 is 1.30 bits per heavy atom. The smallest absolute Gasteiger partial charge is 0.266 e. The zero-order valence-corrected chi connectivity index (χ0v) is 11.5. The lowest BCUT2D eigenvalue weighted by Crippen LogP contribution is -2.11. The molecule has 0 radical (unpaired) electrons. The third-order valence-corrected chi connectivity index (χ3v) is 3.85. The van der Waals surface area contributed by atoms with Gasteiger partial charge in [0.25, 0.3) is 5.91 Å². The van der Waals surface area contributed by atoms with Gasteiger partial charge in [0.2, 0.25) is 5.28 Å². The fourth-order valence-corrected chi connectivity index (χ4v) is 2.83. The number of aromatic nitrogens is 2. The molecule has 0 atom stereocenters. The van der Waals surface area contributed by atoms with Gasteiger partial charge in [-0.05, 0) is 41.3 Å². The predicted molar refractivity (Wildman–Crippen MR) is 76.8 cm³/mol. The van der Waals surface area contributed by atoms with Gasteiger partial charge in [-0.25, -0.2) is 14.4 Å². The topological polar surface area (TPSA) is 54.9 Å². The highest BCUT2D eigenvalue weighted by atomic mass is 35.5. The van der Waals surface area contributed by atoms with Crippen LogP contribution in [0.15, 0.2) is 36.5 Å². The van der Waals surface area contributed by atoms with Crippen LogP contribution in [0.1, 0.15) is 9.67 Å². The highest BCUT2D eigenvalue weighted by Crippen LogP contribution is 2.26. The number of fused-ring (bicyclic) bond motifs is 1. The molecule has 0 aliphatic carbocycles. The van der Waals surface area contributed by atoms with Gasteiger partial charge in [-0.1, -0.05) is 6.07 Å². The van der Waals surface area contributed by atoms with Crippen LogP contribution in [0.5, 0.6) is 0 Å². The molecule has 2 aromatic heterocycles. The molecule has 3 rings (SSSR count). The van der Waals surface area contributed by atoms with Crippen molar-refractivity contribution < 1.29 is 9.18 Å². The first-order valence-corrected chi connectivity index (χ1v) is 6.80. The highest BCUT2D eigenvalue weighted by Gasteiger charge is 2.11. The maximum Gasteiger partial charge on any atom is 0.266 e. The fourth-order valence-electron chi connectivity index (χ4n) is 1.70. The van der Waals surface area contributed by atoms with E-state index in [0.29, 0.717) is 10.7 Å². The minimum Gasteiger partial charge on any atom is -0.306 e. The van der Waals surface area contributed by atoms with Crippen molar-refractivity contribution in [3.8, 4) is 0 Å². The van der Waals surface area contributed by atoms with Crippen LogP contribution in [0.2, 0.25) is 5.28 Å². The summed E-state index contributed by atoms with van der Waals surface area (Å²) in [5.74, 6) is -0.325. The molecule has 1 amide bonds. The molecule has 0 unspecified atom stereocenters. The summed E-state index contributed by atoms with van der Waals surface area (Å²) < 4.78 is 13.8. The van der Waals surface area contributed by atoms with Crippen LogP contribution in [0, 0.1) is 5.82 Å². The monoisotopic (exact) mass is 307 g/mol. The lowest BCUT2D eigenvalue weighted by molar-refractivity contribution is 0.103. The zero-order chi connectivity index (χ0) is 14.1. The maximum atomic E-state index is 13.1. The summed E-state index contributed by atoms with van der Waals surface area (Å²) in [5.41, 5.74) is 0. The molecule has 0 aliphatic heterocycles. The lowest BCUT2D eigenvalue weighted by atomic mass is 10.2. The summed E-state index contributed by atoms with van der Waals surface area (Å²) in [4.78, 5) is 20.2. The highest BCUT2D eigenvalue weighted by molar-refractivity contribution is 7.20. The molecule has 0 saturated heterocycles. The molecule has 1 aromatic carbocycles. The Bertz CT molecular complexity index is 805. The summed E-state index contributed by atoms with van der Waals surface area (Å²) in [6, 6.07) is 7.65. The molecule has 0 fully saturated rings. The third-order valence-electron chi connectivity index (χ3n) is 2.57. The molecule has 0 saturated carbocycles. The number of halogens is 2. The third kappa shape index (κ3) is 2.61. The molecule has 7 heteroatoms. The van der Waals surface area contributed by atoms with Crippen molar-refractivity contribution in [3.05, 3.63) is 52.5 Å². The lowest BCUT2D eigenvalue weighted by Gasteiger charge is -2.01. The van der Waals surface area contributed by atoms with Crippen molar-refractivity contribution in [3.63, 3.8) is 0 Å². The fraction of sp³-hybridized carbons (Fsp3) is 0. The van der Waals surface area contributed by atoms with Gasteiger partial charge in [0.15, 0.2) is 0 Å². The van der Waals surface area contributed by atoms with E-state index in [-0.39, 0.29) is 17.0 Å². The average Bonchev–Trinajstić information content (AvgIpc) is 2.81. The van der Waals surface area contributed by atoms with Crippen LogP contribution in [-0.4, -0.2) is 15.9 Å². The van der Waals surface area contributed by atoms with Crippen LogP contribution in [0.25, 0.3) is 10.1 Å². The van der Waals surface area contributed by atoms with Gasteiger partial charge in [-0.3, -0.25) is 4.79 Å². The number of anilines is 1. The number of rotatable bonds is 2. The Kier molecular flexibility index (Phi) is 3.33. The molecule has 3 aromatic rings. The summed E-state index contributed by atoms with van der Waals surface area (Å²) >= 11 is 6.86. The largest absolute Gasteiger partial charge is 0.306 e. The van der Waals surface area contributed by atoms with Crippen molar-refractivity contribution in [2.75, 3.05) is 5.32 Å². The van der Waals surface area contributed by atoms with Crippen molar-refractivity contribution in [1.82, 2.24) is 9.97 Å². The van der Waals surface area contributed by atoms with E-state index in [9.17, 15) is 9.18 Å². The summed E-state index contributed by atoms with van der Waals surface area (Å²) in [7, 11) is 0. The van der Waals surface area contributed by atoms with E-state index < -0.39 is 0 Å². The number of carbonyl (C=O) groups excluding carboxylic acids is 1. The van der Waals surface area contributed by atoms with Crippen molar-refractivity contribution in [1.29, 1.82) is 0 Å². The number of hydrogen-bond acceptors (Lipinski definition) is 4. The quantitative estimate of drug-likeness (QED) is 0.734. The molecule has 100 valence electrons. The van der Waals surface area contributed by atoms with Gasteiger partial charge in [-0.15, -0.1) is 11.3 Å². The molecule has 0 bridgehead atoms. The second-order valence-electron chi connectivity index (χ2n) is 3.96. The van der Waals surface area contributed by atoms with Crippen molar-refractivity contribution in [2.24, 2.45) is 0 Å². The number of amides is 1. The molecular weight excluding hydrogens is 301 g/mol. The van der Waals surface area contributed by atoms with E-state index in [0.717, 1.165) is 10.1 Å². The SMILES string of the molecule is O=C(Nc1ccnc(Cl)n1)c1cc2ccc(F)cc2s1. The molecule has 2 heterocycles. The standard InChI is InChI=1S/C13H7ClFN3OS/c14-13-16-4-3-11(18-13)17-12(19)10-5-7-1-2-8(15)6-9(7)20-10/h1-6H,(H,16,17,18,19). The first-order chi connectivity index (χ1) is 9.61. The summed E-state index contributed by atoms with van der Waals surface area (Å²) in [6.07, 6.45) is 1.45. The number of nitrogens with zero attached hydrogens (tertiary/aromatic N) is 2. The number of benzene rings is 1. The van der Waals surface area contributed by atoms with Gasteiger partial charge in [0.05, 0.1) is 4.88 Å². The first-order valence-electron chi connectivity index (χ1n) is 5.61. The van der Waals surface area contributed by atoms with Crippen LogP contribution in [0.4, 0.5) is 10.2 Å². The van der Waals surface area contributed by atoms with E-state index >= 15 is 0 Å². The second kappa shape index (κ2) is 5.15. The minimum atomic E-state index is -0.325. The molecule has 20 heavy (non-hydrogen) atoms. The van der Waals surface area contributed by atoms with E-state index in [1.54, 1.807) is 12.1 Å². The summed E-state index contributed by atoms with van der Waals surface area (Å²) in [6.45, 7) is 0. The minimum absolute atomic E-state index is 0.0567. The molecule has 1 N–H and O–H groups in total. The molecular formula is C13H7ClFN3OS. The Morgan fingerprint density at radius 2 is 2.15 bits per heavy atom. The second-order valence-corrected chi connectivity index (χ2v) is 5.38. The summed E-state index contributed by atoms with van der Waals surface area (Å²) in [5, 5.41) is 3.50. The molecule has 0 aliphatic rings. The zero-order valence-electron chi connectivity index (χ0n) is 9.93. The van der Waals surface area contributed by atoms with Gasteiger partial charge in [0, 0.05) is 10.9 Å². The maximum absolute atomic E-state index is 13.1. The van der Waals surface area contributed by atoms with Crippen LogP contribution in [0.3, 0.4) is 0 Å². The Labute approximate surface area is 122 Å². The van der Waals surface area contributed by atoms with Gasteiger partial charge in [-0.2, -0.15) is 0 Å². The Balaban J connectivity index is 1.88. The predicted octanol–water partition coefficient (Wildman–Crippen LogP) is 3.74. The van der Waals surface area contributed by atoms with Gasteiger partial charge >= 0.3 is 0 Å². The number of nitrogens with one attached hydrogen (secondary N) is 1. The van der Waals surface area contributed by atoms with Crippen LogP contribution in [-0.2, 0) is 0 Å². The van der Waals surface area contributed by atoms with Crippen LogP contribution >= 0.6 is 22.9 Å². The average molecular weight is 308 g/mol. The number of carbonyl (C=O) groups is 1. The number of thiophene rings is 1. The van der Waals surface area contributed by atoms with E-state index in [1.807, 2.05) is 0 Å². The van der Waals surface area contributed by atoms with Crippen molar-refractivity contribution in [2.45, 2.75) is 0 Å². The Morgan fingerprint density at radius 3 is 2.95 bits per heavy atom. The van der Waals surface area contributed by atoms with E-state index in [4.69, 9.17) is 11.6 Å². The van der Waals surface area contributed by atoms with Gasteiger partial charge in [0.1, 0.15) is 11.6 Å². The van der Waals surface area contributed by atoms with Gasteiger partial charge < -0.3 is 5.32 Å². The normalized spacial score (nSPS) is 10.7. The first kappa shape index (κ1) is 13.0. The Hall–Kier alpha value is -2.05. The van der Waals surface area contributed by atoms with E-state index in [1.165, 1.54) is 35.7 Å². The molecule has 4 nitrogen and oxygen atoms in total. The molecule has 0 spiro atoms. The van der Waals surface area contributed by atoms with E-state index in [2.05, 4.69) is 15.3 Å². The van der Waals surface area contributed by atoms with Crippen LogP contribution < -0.4 is 5.32 Å².